The van der Waals surface area contributed by atoms with Gasteiger partial charge < -0.3 is 10.1 Å². The highest BCUT2D eigenvalue weighted by molar-refractivity contribution is 5.96. The summed E-state index contributed by atoms with van der Waals surface area (Å²) in [6.07, 6.45) is 7.04. The Balaban J connectivity index is 1.94. The summed E-state index contributed by atoms with van der Waals surface area (Å²) in [6, 6.07) is 7.51. The summed E-state index contributed by atoms with van der Waals surface area (Å²) in [4.78, 5) is 20.2. The van der Waals surface area contributed by atoms with Crippen LogP contribution in [0.1, 0.15) is 51.7 Å². The number of hydrogen-bond donors (Lipinski definition) is 1. The Morgan fingerprint density at radius 1 is 1.30 bits per heavy atom. The standard InChI is InChI=1S/C21H25N4O2/c1-5-16-11-15(12-22)8-9-18(16)27-20-23-13-17(14-24-20)25-19(26)7-6-10-21(2,3)4/h7-9,11,13-14H,5-6,10H2,1-4H3,(H,25,26). The van der Waals surface area contributed by atoms with E-state index in [1.165, 1.54) is 12.4 Å². The van der Waals surface area contributed by atoms with Crippen molar-refractivity contribution in [2.24, 2.45) is 5.41 Å². The van der Waals surface area contributed by atoms with Crippen LogP contribution in [-0.2, 0) is 11.2 Å². The Labute approximate surface area is 160 Å². The third-order valence-corrected chi connectivity index (χ3v) is 3.89. The molecule has 0 aliphatic rings. The van der Waals surface area contributed by atoms with Gasteiger partial charge in [-0.3, -0.25) is 4.79 Å². The molecule has 0 unspecified atom stereocenters. The smallest absolute Gasteiger partial charge is 0.322 e. The average Bonchev–Trinajstić information content (AvgIpc) is 2.62. The van der Waals surface area contributed by atoms with Crippen molar-refractivity contribution in [2.45, 2.75) is 47.0 Å². The molecule has 2 rings (SSSR count). The maximum absolute atomic E-state index is 11.9. The molecule has 0 bridgehead atoms. The van der Waals surface area contributed by atoms with E-state index in [-0.39, 0.29) is 17.3 Å². The summed E-state index contributed by atoms with van der Waals surface area (Å²) >= 11 is 0. The highest BCUT2D eigenvalue weighted by atomic mass is 16.5. The molecule has 0 atom stereocenters. The predicted molar refractivity (Wildman–Crippen MR) is 104 cm³/mol. The minimum Gasteiger partial charge on any atom is -0.424 e. The summed E-state index contributed by atoms with van der Waals surface area (Å²) in [5.74, 6) is 0.445. The summed E-state index contributed by atoms with van der Waals surface area (Å²) in [7, 11) is 0. The first-order valence-electron chi connectivity index (χ1n) is 8.98. The number of anilines is 1. The van der Waals surface area contributed by atoms with Crippen LogP contribution in [0.25, 0.3) is 0 Å². The monoisotopic (exact) mass is 365 g/mol. The van der Waals surface area contributed by atoms with Crippen LogP contribution in [0.2, 0.25) is 0 Å². The van der Waals surface area contributed by atoms with Crippen LogP contribution in [0.4, 0.5) is 5.69 Å². The fraction of sp³-hybridized carbons (Fsp3) is 0.381. The molecule has 2 aromatic rings. The highest BCUT2D eigenvalue weighted by Gasteiger charge is 2.12. The molecule has 27 heavy (non-hydrogen) atoms. The normalized spacial score (nSPS) is 10.9. The maximum atomic E-state index is 11.9. The molecule has 0 fully saturated rings. The van der Waals surface area contributed by atoms with E-state index in [9.17, 15) is 4.79 Å². The van der Waals surface area contributed by atoms with Crippen LogP contribution >= 0.6 is 0 Å². The SMILES string of the molecule is CCc1cc(C#N)ccc1Oc1ncc(NC(=O)[CH]CCC(C)(C)C)cn1. The number of hydrogen-bond acceptors (Lipinski definition) is 5. The molecular weight excluding hydrogens is 340 g/mol. The number of nitriles is 1. The van der Waals surface area contributed by atoms with Crippen molar-refractivity contribution in [2.75, 3.05) is 5.32 Å². The van der Waals surface area contributed by atoms with E-state index in [4.69, 9.17) is 10.00 Å². The van der Waals surface area contributed by atoms with Gasteiger partial charge in [0.1, 0.15) is 5.75 Å². The second kappa shape index (κ2) is 9.13. The van der Waals surface area contributed by atoms with Gasteiger partial charge in [-0.15, -0.1) is 0 Å². The van der Waals surface area contributed by atoms with Gasteiger partial charge in [-0.2, -0.15) is 5.26 Å². The Hall–Kier alpha value is -2.94. The summed E-state index contributed by atoms with van der Waals surface area (Å²) < 4.78 is 5.71. The third kappa shape index (κ3) is 6.70. The lowest BCUT2D eigenvalue weighted by molar-refractivity contribution is -0.113. The van der Waals surface area contributed by atoms with Gasteiger partial charge in [0.15, 0.2) is 0 Å². The number of aromatic nitrogens is 2. The molecule has 141 valence electrons. The van der Waals surface area contributed by atoms with Crippen molar-refractivity contribution in [1.82, 2.24) is 9.97 Å². The topological polar surface area (TPSA) is 87.9 Å². The zero-order valence-electron chi connectivity index (χ0n) is 16.2. The van der Waals surface area contributed by atoms with Crippen molar-refractivity contribution >= 4 is 11.6 Å². The van der Waals surface area contributed by atoms with E-state index in [0.717, 1.165) is 24.8 Å². The lowest BCUT2D eigenvalue weighted by Crippen LogP contribution is -2.14. The number of ether oxygens (including phenoxy) is 1. The minimum atomic E-state index is -0.170. The zero-order valence-corrected chi connectivity index (χ0v) is 16.2. The number of rotatable bonds is 7. The quantitative estimate of drug-likeness (QED) is 0.770. The van der Waals surface area contributed by atoms with E-state index in [0.29, 0.717) is 17.0 Å². The number of nitrogens with zero attached hydrogens (tertiary/aromatic N) is 3. The van der Waals surface area contributed by atoms with Crippen molar-refractivity contribution in [3.05, 3.63) is 48.1 Å². The fourth-order valence-electron chi connectivity index (χ4n) is 2.39. The third-order valence-electron chi connectivity index (χ3n) is 3.89. The number of nitrogens with one attached hydrogen (secondary N) is 1. The number of amides is 1. The van der Waals surface area contributed by atoms with E-state index in [1.54, 1.807) is 24.6 Å². The Bertz CT molecular complexity index is 818. The van der Waals surface area contributed by atoms with E-state index < -0.39 is 0 Å². The fourth-order valence-corrected chi connectivity index (χ4v) is 2.39. The first-order valence-corrected chi connectivity index (χ1v) is 8.98. The van der Waals surface area contributed by atoms with Gasteiger partial charge >= 0.3 is 6.01 Å². The van der Waals surface area contributed by atoms with Gasteiger partial charge in [-0.1, -0.05) is 27.7 Å². The van der Waals surface area contributed by atoms with Crippen LogP contribution in [0.5, 0.6) is 11.8 Å². The van der Waals surface area contributed by atoms with Gasteiger partial charge in [-0.05, 0) is 48.4 Å². The molecule has 6 nitrogen and oxygen atoms in total. The molecule has 1 amide bonds. The number of aryl methyl sites for hydroxylation is 1. The summed E-state index contributed by atoms with van der Waals surface area (Å²) in [6.45, 7) is 8.41. The maximum Gasteiger partial charge on any atom is 0.322 e. The second-order valence-corrected chi connectivity index (χ2v) is 7.44. The Morgan fingerprint density at radius 3 is 2.59 bits per heavy atom. The van der Waals surface area contributed by atoms with Crippen LogP contribution in [0.3, 0.4) is 0 Å². The summed E-state index contributed by atoms with van der Waals surface area (Å²) in [5.41, 5.74) is 2.20. The molecule has 0 saturated heterocycles. The second-order valence-electron chi connectivity index (χ2n) is 7.44. The van der Waals surface area contributed by atoms with Crippen molar-refractivity contribution in [3.63, 3.8) is 0 Å². The van der Waals surface area contributed by atoms with E-state index in [2.05, 4.69) is 42.1 Å². The molecule has 0 aliphatic carbocycles. The molecule has 1 N–H and O–H groups in total. The van der Waals surface area contributed by atoms with Crippen LogP contribution < -0.4 is 10.1 Å². The van der Waals surface area contributed by atoms with Gasteiger partial charge in [0.2, 0.25) is 5.91 Å². The van der Waals surface area contributed by atoms with Gasteiger partial charge in [0.05, 0.1) is 29.7 Å². The van der Waals surface area contributed by atoms with Crippen LogP contribution in [-0.4, -0.2) is 15.9 Å². The van der Waals surface area contributed by atoms with Crippen LogP contribution in [0.15, 0.2) is 30.6 Å². The molecule has 0 aliphatic heterocycles. The van der Waals surface area contributed by atoms with Gasteiger partial charge in [0.25, 0.3) is 0 Å². The number of carbonyl (C=O) groups is 1. The number of carbonyl (C=O) groups excluding carboxylic acids is 1. The van der Waals surface area contributed by atoms with Crippen molar-refractivity contribution in [1.29, 1.82) is 5.26 Å². The average molecular weight is 365 g/mol. The van der Waals surface area contributed by atoms with Gasteiger partial charge in [0, 0.05) is 6.42 Å². The molecule has 1 heterocycles. The molecule has 0 saturated carbocycles. The molecule has 1 aromatic heterocycles. The molecule has 0 spiro atoms. The highest BCUT2D eigenvalue weighted by Crippen LogP contribution is 2.25. The van der Waals surface area contributed by atoms with Crippen molar-refractivity contribution in [3.8, 4) is 17.8 Å². The van der Waals surface area contributed by atoms with E-state index >= 15 is 0 Å². The zero-order chi connectivity index (χ0) is 19.9. The van der Waals surface area contributed by atoms with Crippen molar-refractivity contribution < 1.29 is 9.53 Å². The lowest BCUT2D eigenvalue weighted by Gasteiger charge is -2.17. The number of benzene rings is 1. The predicted octanol–water partition coefficient (Wildman–Crippen LogP) is 4.67. The first kappa shape index (κ1) is 20.4. The lowest BCUT2D eigenvalue weighted by atomic mass is 9.90. The molecular formula is C21H25N4O2. The Morgan fingerprint density at radius 2 is 2.00 bits per heavy atom. The van der Waals surface area contributed by atoms with E-state index in [1.807, 2.05) is 6.92 Å². The van der Waals surface area contributed by atoms with Crippen LogP contribution in [0, 0.1) is 23.2 Å². The van der Waals surface area contributed by atoms with Gasteiger partial charge in [-0.25, -0.2) is 9.97 Å². The molecule has 1 radical (unpaired) electrons. The minimum absolute atomic E-state index is 0.170. The first-order chi connectivity index (χ1) is 12.8. The summed E-state index contributed by atoms with van der Waals surface area (Å²) in [5, 5.41) is 11.7. The Kier molecular flexibility index (Phi) is 6.89. The molecule has 1 aromatic carbocycles. The molecule has 6 heteroatoms. The largest absolute Gasteiger partial charge is 0.424 e.